The fourth-order valence-electron chi connectivity index (χ4n) is 3.23. The largest absolute Gasteiger partial charge is 0.310 e. The lowest BCUT2D eigenvalue weighted by Gasteiger charge is -2.21. The summed E-state index contributed by atoms with van der Waals surface area (Å²) in [5, 5.41) is 4.62. The summed E-state index contributed by atoms with van der Waals surface area (Å²) in [6, 6.07) is 2.59. The van der Waals surface area contributed by atoms with Crippen molar-refractivity contribution >= 4 is 11.6 Å². The van der Waals surface area contributed by atoms with E-state index in [4.69, 9.17) is 11.6 Å². The Bertz CT molecular complexity index is 463. The Balaban J connectivity index is 2.53. The molecule has 2 heteroatoms. The van der Waals surface area contributed by atoms with Gasteiger partial charge in [-0.05, 0) is 67.0 Å². The van der Waals surface area contributed by atoms with Gasteiger partial charge in [0.1, 0.15) is 0 Å². The highest BCUT2D eigenvalue weighted by Gasteiger charge is 2.39. The first-order chi connectivity index (χ1) is 8.38. The molecule has 1 aromatic rings. The molecule has 1 atom stereocenters. The lowest BCUT2D eigenvalue weighted by molar-refractivity contribution is 0.427. The zero-order valence-electron chi connectivity index (χ0n) is 12.2. The Kier molecular flexibility index (Phi) is 3.75. The molecule has 1 aromatic carbocycles. The topological polar surface area (TPSA) is 12.0 Å². The Hall–Kier alpha value is -0.530. The van der Waals surface area contributed by atoms with E-state index in [-0.39, 0.29) is 5.41 Å². The standard InChI is InChI=1S/C16H24ClN/c1-6-7-18-13-9-16(4,5)15-12(17)8-10(2)11(3)14(13)15/h8,13,18H,6-7,9H2,1-5H3. The second kappa shape index (κ2) is 4.86. The molecular formula is C16H24ClN. The minimum atomic E-state index is 0.177. The van der Waals surface area contributed by atoms with Gasteiger partial charge in [-0.3, -0.25) is 0 Å². The van der Waals surface area contributed by atoms with Crippen LogP contribution < -0.4 is 5.32 Å². The first kappa shape index (κ1) is 13.9. The molecule has 0 radical (unpaired) electrons. The van der Waals surface area contributed by atoms with E-state index in [2.05, 4.69) is 46.0 Å². The zero-order valence-corrected chi connectivity index (χ0v) is 12.9. The zero-order chi connectivity index (χ0) is 13.5. The fourth-order valence-corrected chi connectivity index (χ4v) is 3.75. The van der Waals surface area contributed by atoms with Gasteiger partial charge in [-0.1, -0.05) is 32.4 Å². The van der Waals surface area contributed by atoms with Crippen molar-refractivity contribution in [3.63, 3.8) is 0 Å². The maximum Gasteiger partial charge on any atom is 0.0449 e. The number of benzene rings is 1. The van der Waals surface area contributed by atoms with E-state index < -0.39 is 0 Å². The van der Waals surface area contributed by atoms with E-state index in [1.165, 1.54) is 28.7 Å². The van der Waals surface area contributed by atoms with Crippen molar-refractivity contribution in [2.24, 2.45) is 0 Å². The summed E-state index contributed by atoms with van der Waals surface area (Å²) in [6.45, 7) is 12.3. The van der Waals surface area contributed by atoms with Crippen LogP contribution in [0.2, 0.25) is 5.02 Å². The Morgan fingerprint density at radius 2 is 2.06 bits per heavy atom. The first-order valence-electron chi connectivity index (χ1n) is 6.92. The third-order valence-electron chi connectivity index (χ3n) is 4.23. The normalized spacial score (nSPS) is 21.1. The van der Waals surface area contributed by atoms with Gasteiger partial charge in [0, 0.05) is 11.1 Å². The van der Waals surface area contributed by atoms with E-state index in [1.807, 2.05) is 0 Å². The molecule has 1 N–H and O–H groups in total. The Labute approximate surface area is 116 Å². The third-order valence-corrected chi connectivity index (χ3v) is 4.53. The van der Waals surface area contributed by atoms with Crippen molar-refractivity contribution in [1.82, 2.24) is 5.32 Å². The van der Waals surface area contributed by atoms with Crippen LogP contribution in [-0.2, 0) is 5.41 Å². The molecule has 0 fully saturated rings. The van der Waals surface area contributed by atoms with Crippen molar-refractivity contribution in [2.75, 3.05) is 6.54 Å². The van der Waals surface area contributed by atoms with Crippen molar-refractivity contribution in [3.05, 3.63) is 33.3 Å². The highest BCUT2D eigenvalue weighted by molar-refractivity contribution is 6.31. The lowest BCUT2D eigenvalue weighted by Crippen LogP contribution is -2.22. The molecule has 0 aliphatic heterocycles. The first-order valence-corrected chi connectivity index (χ1v) is 7.29. The summed E-state index contributed by atoms with van der Waals surface area (Å²) in [4.78, 5) is 0. The van der Waals surface area contributed by atoms with Crippen LogP contribution in [0.3, 0.4) is 0 Å². The van der Waals surface area contributed by atoms with Gasteiger partial charge in [0.25, 0.3) is 0 Å². The molecule has 0 spiro atoms. The van der Waals surface area contributed by atoms with Crippen LogP contribution in [0, 0.1) is 13.8 Å². The monoisotopic (exact) mass is 265 g/mol. The molecule has 0 bridgehead atoms. The average Bonchev–Trinajstić information content (AvgIpc) is 2.55. The maximum atomic E-state index is 6.50. The van der Waals surface area contributed by atoms with Crippen LogP contribution in [0.4, 0.5) is 0 Å². The van der Waals surface area contributed by atoms with Gasteiger partial charge >= 0.3 is 0 Å². The molecule has 0 saturated carbocycles. The van der Waals surface area contributed by atoms with Crippen molar-refractivity contribution < 1.29 is 0 Å². The smallest absolute Gasteiger partial charge is 0.0449 e. The van der Waals surface area contributed by atoms with Gasteiger partial charge in [0.2, 0.25) is 0 Å². The average molecular weight is 266 g/mol. The summed E-state index contributed by atoms with van der Waals surface area (Å²) in [5.41, 5.74) is 5.71. The van der Waals surface area contributed by atoms with Gasteiger partial charge in [-0.25, -0.2) is 0 Å². The number of hydrogen-bond acceptors (Lipinski definition) is 1. The SMILES string of the molecule is CCCNC1CC(C)(C)c2c(Cl)cc(C)c(C)c21. The molecule has 1 aliphatic rings. The van der Waals surface area contributed by atoms with Gasteiger partial charge < -0.3 is 5.32 Å². The predicted octanol–water partition coefficient (Wildman–Crippen LogP) is 4.68. The minimum Gasteiger partial charge on any atom is -0.310 e. The summed E-state index contributed by atoms with van der Waals surface area (Å²) >= 11 is 6.50. The van der Waals surface area contributed by atoms with E-state index in [0.717, 1.165) is 18.0 Å². The van der Waals surface area contributed by atoms with Crippen LogP contribution >= 0.6 is 11.6 Å². The van der Waals surface area contributed by atoms with Crippen LogP contribution in [-0.4, -0.2) is 6.54 Å². The molecule has 1 aliphatic carbocycles. The van der Waals surface area contributed by atoms with Crippen LogP contribution in [0.1, 0.15) is 61.9 Å². The molecule has 0 amide bonds. The van der Waals surface area contributed by atoms with Gasteiger partial charge in [0.05, 0.1) is 0 Å². The predicted molar refractivity (Wildman–Crippen MR) is 79.6 cm³/mol. The second-order valence-electron chi connectivity index (χ2n) is 6.18. The summed E-state index contributed by atoms with van der Waals surface area (Å²) in [6.07, 6.45) is 2.32. The molecule has 1 unspecified atom stereocenters. The number of nitrogens with one attached hydrogen (secondary N) is 1. The quantitative estimate of drug-likeness (QED) is 0.837. The van der Waals surface area contributed by atoms with Crippen molar-refractivity contribution in [2.45, 2.75) is 58.9 Å². The van der Waals surface area contributed by atoms with E-state index in [1.54, 1.807) is 0 Å². The Morgan fingerprint density at radius 1 is 1.39 bits per heavy atom. The highest BCUT2D eigenvalue weighted by Crippen LogP contribution is 2.49. The molecule has 1 nitrogen and oxygen atoms in total. The van der Waals surface area contributed by atoms with Crippen molar-refractivity contribution in [1.29, 1.82) is 0 Å². The number of rotatable bonds is 3. The van der Waals surface area contributed by atoms with Gasteiger partial charge in [-0.15, -0.1) is 0 Å². The third kappa shape index (κ3) is 2.19. The molecule has 0 heterocycles. The summed E-state index contributed by atoms with van der Waals surface area (Å²) in [5.74, 6) is 0. The number of aryl methyl sites for hydroxylation is 1. The Morgan fingerprint density at radius 3 is 2.67 bits per heavy atom. The molecular weight excluding hydrogens is 242 g/mol. The molecule has 0 saturated heterocycles. The maximum absolute atomic E-state index is 6.50. The summed E-state index contributed by atoms with van der Waals surface area (Å²) < 4.78 is 0. The van der Waals surface area contributed by atoms with E-state index in [0.29, 0.717) is 6.04 Å². The van der Waals surface area contributed by atoms with Crippen molar-refractivity contribution in [3.8, 4) is 0 Å². The van der Waals surface area contributed by atoms with E-state index >= 15 is 0 Å². The highest BCUT2D eigenvalue weighted by atomic mass is 35.5. The van der Waals surface area contributed by atoms with Crippen LogP contribution in [0.15, 0.2) is 6.07 Å². The minimum absolute atomic E-state index is 0.177. The lowest BCUT2D eigenvalue weighted by atomic mass is 9.85. The molecule has 100 valence electrons. The number of halogens is 1. The molecule has 0 aromatic heterocycles. The van der Waals surface area contributed by atoms with E-state index in [9.17, 15) is 0 Å². The molecule has 18 heavy (non-hydrogen) atoms. The van der Waals surface area contributed by atoms with Crippen LogP contribution in [0.25, 0.3) is 0 Å². The second-order valence-corrected chi connectivity index (χ2v) is 6.59. The van der Waals surface area contributed by atoms with Crippen LogP contribution in [0.5, 0.6) is 0 Å². The molecule has 2 rings (SSSR count). The van der Waals surface area contributed by atoms with Gasteiger partial charge in [0.15, 0.2) is 0 Å². The number of hydrogen-bond donors (Lipinski definition) is 1. The fraction of sp³-hybridized carbons (Fsp3) is 0.625. The number of fused-ring (bicyclic) bond motifs is 1. The van der Waals surface area contributed by atoms with Gasteiger partial charge in [-0.2, -0.15) is 0 Å². The summed E-state index contributed by atoms with van der Waals surface area (Å²) in [7, 11) is 0.